The number of nitrogens with one attached hydrogen (secondary N) is 1. The molecule has 3 nitrogen and oxygen atoms in total. The summed E-state index contributed by atoms with van der Waals surface area (Å²) in [5.41, 5.74) is 3.34. The van der Waals surface area contributed by atoms with Gasteiger partial charge in [0.25, 0.3) is 0 Å². The number of hydrogen-bond acceptors (Lipinski definition) is 2. The third kappa shape index (κ3) is 2.85. The molecule has 0 saturated carbocycles. The van der Waals surface area contributed by atoms with E-state index in [-0.39, 0.29) is 11.4 Å². The standard InChI is InChI=1S/C13H11ClFN3/c14-9-6-7-11(12(15)8-9)13(18-16)17-10-4-2-1-3-5-10/h1-8H,16H2,(H,17,18). The van der Waals surface area contributed by atoms with Gasteiger partial charge in [-0.25, -0.2) is 15.2 Å². The normalized spacial score (nSPS) is 11.4. The zero-order valence-corrected chi connectivity index (χ0v) is 10.2. The van der Waals surface area contributed by atoms with Crippen molar-refractivity contribution < 1.29 is 4.39 Å². The third-order valence-corrected chi connectivity index (χ3v) is 2.56. The summed E-state index contributed by atoms with van der Waals surface area (Å²) in [7, 11) is 0. The van der Waals surface area contributed by atoms with Gasteiger partial charge < -0.3 is 5.43 Å². The van der Waals surface area contributed by atoms with Gasteiger partial charge in [-0.1, -0.05) is 29.8 Å². The molecule has 0 aliphatic heterocycles. The van der Waals surface area contributed by atoms with Crippen LogP contribution in [-0.2, 0) is 0 Å². The van der Waals surface area contributed by atoms with Crippen molar-refractivity contribution in [3.05, 3.63) is 64.9 Å². The molecule has 2 aromatic rings. The Morgan fingerprint density at radius 2 is 1.89 bits per heavy atom. The molecule has 2 rings (SSSR count). The molecule has 0 aromatic heterocycles. The Hall–Kier alpha value is -1.91. The molecular weight excluding hydrogens is 253 g/mol. The van der Waals surface area contributed by atoms with Gasteiger partial charge in [-0.2, -0.15) is 0 Å². The van der Waals surface area contributed by atoms with Crippen LogP contribution in [-0.4, -0.2) is 5.84 Å². The number of benzene rings is 2. The molecule has 5 heteroatoms. The molecule has 0 aliphatic carbocycles. The van der Waals surface area contributed by atoms with Crippen molar-refractivity contribution in [2.24, 2.45) is 10.8 Å². The summed E-state index contributed by atoms with van der Waals surface area (Å²) in [4.78, 5) is 4.24. The monoisotopic (exact) mass is 263 g/mol. The van der Waals surface area contributed by atoms with E-state index in [1.165, 1.54) is 12.1 Å². The smallest absolute Gasteiger partial charge is 0.150 e. The molecule has 0 atom stereocenters. The lowest BCUT2D eigenvalue weighted by Gasteiger charge is -2.07. The SMILES string of the molecule is NNC(=Nc1ccccc1)c1ccc(Cl)cc1F. The zero-order valence-electron chi connectivity index (χ0n) is 9.40. The van der Waals surface area contributed by atoms with E-state index >= 15 is 0 Å². The van der Waals surface area contributed by atoms with Crippen molar-refractivity contribution in [1.82, 2.24) is 5.43 Å². The molecule has 92 valence electrons. The second-order valence-electron chi connectivity index (χ2n) is 3.56. The molecule has 0 bridgehead atoms. The van der Waals surface area contributed by atoms with Gasteiger partial charge in [-0.05, 0) is 30.3 Å². The molecule has 3 N–H and O–H groups in total. The second kappa shape index (κ2) is 5.62. The van der Waals surface area contributed by atoms with E-state index in [4.69, 9.17) is 17.4 Å². The number of aliphatic imine (C=N–C) groups is 1. The van der Waals surface area contributed by atoms with Gasteiger partial charge in [-0.15, -0.1) is 0 Å². The lowest BCUT2D eigenvalue weighted by atomic mass is 10.2. The molecule has 2 aromatic carbocycles. The second-order valence-corrected chi connectivity index (χ2v) is 4.00. The van der Waals surface area contributed by atoms with Gasteiger partial charge in [0.1, 0.15) is 5.82 Å². The minimum atomic E-state index is -0.477. The Morgan fingerprint density at radius 1 is 1.17 bits per heavy atom. The first-order valence-electron chi connectivity index (χ1n) is 5.26. The Morgan fingerprint density at radius 3 is 2.50 bits per heavy atom. The van der Waals surface area contributed by atoms with Crippen LogP contribution in [0.5, 0.6) is 0 Å². The summed E-state index contributed by atoms with van der Waals surface area (Å²) in [5, 5.41) is 0.326. The first kappa shape index (κ1) is 12.5. The first-order valence-corrected chi connectivity index (χ1v) is 5.64. The third-order valence-electron chi connectivity index (χ3n) is 2.32. The maximum Gasteiger partial charge on any atom is 0.150 e. The van der Waals surface area contributed by atoms with E-state index in [9.17, 15) is 4.39 Å². The van der Waals surface area contributed by atoms with Crippen LogP contribution < -0.4 is 11.3 Å². The van der Waals surface area contributed by atoms with Crippen LogP contribution in [0.15, 0.2) is 53.5 Å². The average Bonchev–Trinajstić information content (AvgIpc) is 2.38. The molecule has 0 amide bonds. The average molecular weight is 264 g/mol. The van der Waals surface area contributed by atoms with Gasteiger partial charge in [0.15, 0.2) is 5.84 Å². The predicted octanol–water partition coefficient (Wildman–Crippen LogP) is 3.02. The predicted molar refractivity (Wildman–Crippen MR) is 71.4 cm³/mol. The van der Waals surface area contributed by atoms with Gasteiger partial charge in [-0.3, -0.25) is 0 Å². The lowest BCUT2D eigenvalue weighted by molar-refractivity contribution is 0.624. The van der Waals surface area contributed by atoms with Crippen molar-refractivity contribution >= 4 is 23.1 Å². The number of amidine groups is 1. The van der Waals surface area contributed by atoms with E-state index in [0.717, 1.165) is 0 Å². The highest BCUT2D eigenvalue weighted by atomic mass is 35.5. The zero-order chi connectivity index (χ0) is 13.0. The Kier molecular flexibility index (Phi) is 3.92. The van der Waals surface area contributed by atoms with Crippen molar-refractivity contribution in [2.75, 3.05) is 0 Å². The fourth-order valence-electron chi connectivity index (χ4n) is 1.48. The summed E-state index contributed by atoms with van der Waals surface area (Å²) in [6.45, 7) is 0. The summed E-state index contributed by atoms with van der Waals surface area (Å²) >= 11 is 5.69. The van der Waals surface area contributed by atoms with E-state index in [2.05, 4.69) is 10.4 Å². The number of para-hydroxylation sites is 1. The highest BCUT2D eigenvalue weighted by molar-refractivity contribution is 6.30. The Labute approximate surface area is 109 Å². The van der Waals surface area contributed by atoms with Crippen LogP contribution >= 0.6 is 11.6 Å². The number of nitrogens with zero attached hydrogens (tertiary/aromatic N) is 1. The molecule has 0 saturated heterocycles. The largest absolute Gasteiger partial charge is 0.308 e. The molecular formula is C13H11ClFN3. The molecule has 0 radical (unpaired) electrons. The van der Waals surface area contributed by atoms with E-state index in [0.29, 0.717) is 10.7 Å². The Bertz CT molecular complexity index is 570. The number of rotatable bonds is 2. The first-order chi connectivity index (χ1) is 8.70. The van der Waals surface area contributed by atoms with Gasteiger partial charge >= 0.3 is 0 Å². The van der Waals surface area contributed by atoms with Crippen LogP contribution in [0.25, 0.3) is 0 Å². The molecule has 0 unspecified atom stereocenters. The number of halogens is 2. The van der Waals surface area contributed by atoms with Gasteiger partial charge in [0.05, 0.1) is 11.3 Å². The van der Waals surface area contributed by atoms with Gasteiger partial charge in [0.2, 0.25) is 0 Å². The molecule has 0 aliphatic rings. The highest BCUT2D eigenvalue weighted by Gasteiger charge is 2.09. The fourth-order valence-corrected chi connectivity index (χ4v) is 1.64. The maximum absolute atomic E-state index is 13.7. The van der Waals surface area contributed by atoms with Crippen molar-refractivity contribution in [3.63, 3.8) is 0 Å². The number of hydrogen-bond donors (Lipinski definition) is 2. The topological polar surface area (TPSA) is 50.4 Å². The molecule has 18 heavy (non-hydrogen) atoms. The summed E-state index contributed by atoms with van der Waals surface area (Å²) in [6, 6.07) is 13.5. The van der Waals surface area contributed by atoms with Gasteiger partial charge in [0, 0.05) is 5.02 Å². The summed E-state index contributed by atoms with van der Waals surface area (Å²) < 4.78 is 13.7. The molecule has 0 fully saturated rings. The minimum absolute atomic E-state index is 0.246. The van der Waals surface area contributed by atoms with E-state index in [1.54, 1.807) is 18.2 Å². The van der Waals surface area contributed by atoms with E-state index < -0.39 is 5.82 Å². The quantitative estimate of drug-likeness (QED) is 0.379. The lowest BCUT2D eigenvalue weighted by Crippen LogP contribution is -2.31. The van der Waals surface area contributed by atoms with E-state index in [1.807, 2.05) is 18.2 Å². The van der Waals surface area contributed by atoms with Crippen molar-refractivity contribution in [3.8, 4) is 0 Å². The van der Waals surface area contributed by atoms with Crippen LogP contribution in [0.1, 0.15) is 5.56 Å². The maximum atomic E-state index is 13.7. The highest BCUT2D eigenvalue weighted by Crippen LogP contribution is 2.17. The summed E-state index contributed by atoms with van der Waals surface area (Å²) in [5.74, 6) is 5.15. The van der Waals surface area contributed by atoms with Crippen LogP contribution in [0.4, 0.5) is 10.1 Å². The molecule has 0 spiro atoms. The summed E-state index contributed by atoms with van der Waals surface area (Å²) in [6.07, 6.45) is 0. The number of nitrogens with two attached hydrogens (primary N) is 1. The minimum Gasteiger partial charge on any atom is -0.308 e. The van der Waals surface area contributed by atoms with Crippen molar-refractivity contribution in [1.29, 1.82) is 0 Å². The number of hydrazine groups is 1. The Balaban J connectivity index is 2.42. The van der Waals surface area contributed by atoms with Crippen LogP contribution in [0, 0.1) is 5.82 Å². The van der Waals surface area contributed by atoms with Crippen LogP contribution in [0.3, 0.4) is 0 Å². The van der Waals surface area contributed by atoms with Crippen molar-refractivity contribution in [2.45, 2.75) is 0 Å². The molecule has 0 heterocycles. The van der Waals surface area contributed by atoms with Crippen LogP contribution in [0.2, 0.25) is 5.02 Å². The fraction of sp³-hybridized carbons (Fsp3) is 0.